The van der Waals surface area contributed by atoms with Crippen molar-refractivity contribution >= 4 is 11.3 Å². The second kappa shape index (κ2) is 5.34. The molecule has 2 atom stereocenters. The quantitative estimate of drug-likeness (QED) is 0.776. The molecule has 1 nitrogen and oxygen atoms in total. The lowest BCUT2D eigenvalue weighted by Crippen LogP contribution is -2.38. The molecule has 1 aliphatic carbocycles. The number of hydrogen-bond donors (Lipinski definition) is 0. The molecule has 2 heteroatoms. The molecule has 1 aliphatic heterocycles. The minimum atomic E-state index is 0.878. The summed E-state index contributed by atoms with van der Waals surface area (Å²) in [6, 6.07) is 0. The molecule has 1 saturated heterocycles. The lowest BCUT2D eigenvalue weighted by atomic mass is 9.91. The molecule has 2 heterocycles. The Morgan fingerprint density at radius 3 is 2.67 bits per heavy atom. The average molecular weight is 263 g/mol. The maximum atomic E-state index is 2.69. The van der Waals surface area contributed by atoms with Gasteiger partial charge in [0.15, 0.2) is 0 Å². The minimum Gasteiger partial charge on any atom is -0.299 e. The van der Waals surface area contributed by atoms with Gasteiger partial charge in [-0.1, -0.05) is 13.8 Å². The van der Waals surface area contributed by atoms with E-state index >= 15 is 0 Å². The third kappa shape index (κ3) is 2.65. The van der Waals surface area contributed by atoms with E-state index in [0.717, 1.165) is 11.8 Å². The van der Waals surface area contributed by atoms with Crippen molar-refractivity contribution in [2.45, 2.75) is 52.5 Å². The highest BCUT2D eigenvalue weighted by Gasteiger charge is 2.23. The number of fused-ring (bicyclic) bond motifs is 1. The summed E-state index contributed by atoms with van der Waals surface area (Å²) >= 11 is 2.02. The molecule has 0 bridgehead atoms. The van der Waals surface area contributed by atoms with Gasteiger partial charge in [0.05, 0.1) is 0 Å². The number of aryl methyl sites for hydroxylation is 1. The summed E-state index contributed by atoms with van der Waals surface area (Å²) in [6.45, 7) is 8.63. The fourth-order valence-electron chi connectivity index (χ4n) is 3.86. The van der Waals surface area contributed by atoms with Crippen LogP contribution in [0.2, 0.25) is 0 Å². The molecule has 3 rings (SSSR count). The fourth-order valence-corrected chi connectivity index (χ4v) is 4.99. The van der Waals surface area contributed by atoms with Crippen molar-refractivity contribution in [1.82, 2.24) is 4.90 Å². The molecule has 0 radical (unpaired) electrons. The highest BCUT2D eigenvalue weighted by atomic mass is 32.1. The Bertz CT molecular complexity index is 399. The zero-order chi connectivity index (χ0) is 12.5. The molecule has 18 heavy (non-hydrogen) atoms. The lowest BCUT2D eigenvalue weighted by Gasteiger charge is -2.35. The van der Waals surface area contributed by atoms with Crippen LogP contribution in [-0.2, 0) is 19.4 Å². The number of hydrogen-bond acceptors (Lipinski definition) is 2. The first-order valence-corrected chi connectivity index (χ1v) is 8.41. The Balaban J connectivity index is 1.70. The standard InChI is InChI=1S/C16H25NS/c1-12-7-13(2)9-17(8-12)10-14-11-18-16-6-4-3-5-15(14)16/h11-13H,3-10H2,1-2H3/t12-,13-/m1/s1. The number of piperidine rings is 1. The van der Waals surface area contributed by atoms with Gasteiger partial charge in [0.2, 0.25) is 0 Å². The van der Waals surface area contributed by atoms with Crippen LogP contribution in [0.3, 0.4) is 0 Å². The molecule has 0 N–H and O–H groups in total. The molecule has 0 amide bonds. The molecule has 0 spiro atoms. The summed E-state index contributed by atoms with van der Waals surface area (Å²) in [6.07, 6.45) is 6.91. The predicted octanol–water partition coefficient (Wildman–Crippen LogP) is 4.10. The van der Waals surface area contributed by atoms with Crippen LogP contribution in [-0.4, -0.2) is 18.0 Å². The zero-order valence-corrected chi connectivity index (χ0v) is 12.6. The van der Waals surface area contributed by atoms with Gasteiger partial charge in [-0.2, -0.15) is 0 Å². The number of likely N-dealkylation sites (tertiary alicyclic amines) is 1. The van der Waals surface area contributed by atoms with E-state index in [9.17, 15) is 0 Å². The van der Waals surface area contributed by atoms with Crippen LogP contribution < -0.4 is 0 Å². The maximum absolute atomic E-state index is 2.69. The third-order valence-electron chi connectivity index (χ3n) is 4.49. The molecule has 1 fully saturated rings. The summed E-state index contributed by atoms with van der Waals surface area (Å²) < 4.78 is 0. The maximum Gasteiger partial charge on any atom is 0.0245 e. The Kier molecular flexibility index (Phi) is 3.76. The topological polar surface area (TPSA) is 3.24 Å². The highest BCUT2D eigenvalue weighted by molar-refractivity contribution is 7.10. The first kappa shape index (κ1) is 12.7. The van der Waals surface area contributed by atoms with Crippen molar-refractivity contribution in [2.24, 2.45) is 11.8 Å². The smallest absolute Gasteiger partial charge is 0.0245 e. The van der Waals surface area contributed by atoms with Crippen molar-refractivity contribution in [3.8, 4) is 0 Å². The second-order valence-electron chi connectivity index (χ2n) is 6.51. The van der Waals surface area contributed by atoms with E-state index in [1.807, 2.05) is 11.3 Å². The molecule has 0 unspecified atom stereocenters. The van der Waals surface area contributed by atoms with E-state index in [2.05, 4.69) is 24.1 Å². The summed E-state index contributed by atoms with van der Waals surface area (Å²) in [4.78, 5) is 4.38. The molecular weight excluding hydrogens is 238 g/mol. The molecule has 2 aliphatic rings. The monoisotopic (exact) mass is 263 g/mol. The average Bonchev–Trinajstić information content (AvgIpc) is 2.72. The Morgan fingerprint density at radius 2 is 1.89 bits per heavy atom. The zero-order valence-electron chi connectivity index (χ0n) is 11.7. The van der Waals surface area contributed by atoms with Crippen molar-refractivity contribution in [2.75, 3.05) is 13.1 Å². The van der Waals surface area contributed by atoms with Gasteiger partial charge in [0.1, 0.15) is 0 Å². The van der Waals surface area contributed by atoms with Crippen molar-refractivity contribution in [3.05, 3.63) is 21.4 Å². The number of nitrogens with zero attached hydrogens (tertiary/aromatic N) is 1. The van der Waals surface area contributed by atoms with Gasteiger partial charge in [-0.3, -0.25) is 4.90 Å². The summed E-state index contributed by atoms with van der Waals surface area (Å²) in [7, 11) is 0. The largest absolute Gasteiger partial charge is 0.299 e. The Morgan fingerprint density at radius 1 is 1.17 bits per heavy atom. The van der Waals surface area contributed by atoms with Crippen LogP contribution in [0.5, 0.6) is 0 Å². The Hall–Kier alpha value is -0.340. The molecular formula is C16H25NS. The van der Waals surface area contributed by atoms with Crippen molar-refractivity contribution in [1.29, 1.82) is 0 Å². The van der Waals surface area contributed by atoms with Crippen LogP contribution >= 0.6 is 11.3 Å². The van der Waals surface area contributed by atoms with Crippen LogP contribution in [0.1, 0.15) is 49.1 Å². The first-order valence-electron chi connectivity index (χ1n) is 7.53. The van der Waals surface area contributed by atoms with E-state index in [1.165, 1.54) is 51.7 Å². The SMILES string of the molecule is C[C@@H]1C[C@@H](C)CN(Cc2csc3c2CCCC3)C1. The van der Waals surface area contributed by atoms with Crippen LogP contribution in [0.15, 0.2) is 5.38 Å². The van der Waals surface area contributed by atoms with Gasteiger partial charge in [-0.15, -0.1) is 11.3 Å². The van der Waals surface area contributed by atoms with E-state index in [1.54, 1.807) is 16.0 Å². The van der Waals surface area contributed by atoms with Crippen LogP contribution in [0, 0.1) is 11.8 Å². The minimum absolute atomic E-state index is 0.878. The molecule has 100 valence electrons. The highest BCUT2D eigenvalue weighted by Crippen LogP contribution is 2.32. The van der Waals surface area contributed by atoms with Crippen molar-refractivity contribution < 1.29 is 0 Å². The van der Waals surface area contributed by atoms with Crippen LogP contribution in [0.4, 0.5) is 0 Å². The van der Waals surface area contributed by atoms with Gasteiger partial charge in [-0.05, 0) is 60.4 Å². The van der Waals surface area contributed by atoms with E-state index < -0.39 is 0 Å². The van der Waals surface area contributed by atoms with Crippen molar-refractivity contribution in [3.63, 3.8) is 0 Å². The summed E-state index contributed by atoms with van der Waals surface area (Å²) in [5.74, 6) is 1.76. The third-order valence-corrected chi connectivity index (χ3v) is 5.62. The van der Waals surface area contributed by atoms with E-state index in [0.29, 0.717) is 0 Å². The predicted molar refractivity (Wildman–Crippen MR) is 79.2 cm³/mol. The number of thiophene rings is 1. The normalized spacial score (nSPS) is 29.2. The molecule has 1 aromatic rings. The van der Waals surface area contributed by atoms with E-state index in [-0.39, 0.29) is 0 Å². The summed E-state index contributed by atoms with van der Waals surface area (Å²) in [5.41, 5.74) is 3.37. The van der Waals surface area contributed by atoms with Gasteiger partial charge < -0.3 is 0 Å². The lowest BCUT2D eigenvalue weighted by molar-refractivity contribution is 0.134. The van der Waals surface area contributed by atoms with Crippen LogP contribution in [0.25, 0.3) is 0 Å². The fraction of sp³-hybridized carbons (Fsp3) is 0.750. The van der Waals surface area contributed by atoms with E-state index in [4.69, 9.17) is 0 Å². The number of rotatable bonds is 2. The first-order chi connectivity index (χ1) is 8.72. The van der Waals surface area contributed by atoms with Gasteiger partial charge in [0.25, 0.3) is 0 Å². The van der Waals surface area contributed by atoms with Gasteiger partial charge in [0, 0.05) is 24.5 Å². The molecule has 0 aromatic carbocycles. The second-order valence-corrected chi connectivity index (χ2v) is 7.47. The summed E-state index contributed by atoms with van der Waals surface area (Å²) in [5, 5.41) is 2.44. The molecule has 0 saturated carbocycles. The molecule has 1 aromatic heterocycles. The van der Waals surface area contributed by atoms with Gasteiger partial charge in [-0.25, -0.2) is 0 Å². The van der Waals surface area contributed by atoms with Gasteiger partial charge >= 0.3 is 0 Å². The Labute approximate surface area is 115 Å².